The van der Waals surface area contributed by atoms with E-state index in [1.54, 1.807) is 4.90 Å². The van der Waals surface area contributed by atoms with Gasteiger partial charge in [-0.25, -0.2) is 0 Å². The van der Waals surface area contributed by atoms with Crippen LogP contribution in [0.1, 0.15) is 26.2 Å². The second-order valence-electron chi connectivity index (χ2n) is 4.52. The number of benzene rings is 1. The Morgan fingerprint density at radius 2 is 2.05 bits per heavy atom. The SMILES string of the molecule is CCOCCCC(=O)N(CC/C(N)=N/O)c1ccccc1. The van der Waals surface area contributed by atoms with E-state index in [0.29, 0.717) is 39.0 Å². The fourth-order valence-corrected chi connectivity index (χ4v) is 1.89. The number of para-hydroxylation sites is 1. The van der Waals surface area contributed by atoms with Gasteiger partial charge in [0, 0.05) is 38.3 Å². The fourth-order valence-electron chi connectivity index (χ4n) is 1.89. The molecule has 0 aliphatic carbocycles. The van der Waals surface area contributed by atoms with Crippen LogP contribution < -0.4 is 10.6 Å². The van der Waals surface area contributed by atoms with Crippen LogP contribution in [0, 0.1) is 0 Å². The lowest BCUT2D eigenvalue weighted by molar-refractivity contribution is -0.118. The number of oxime groups is 1. The number of hydrogen-bond donors (Lipinski definition) is 2. The molecule has 1 amide bonds. The first-order valence-corrected chi connectivity index (χ1v) is 7.08. The first-order valence-electron chi connectivity index (χ1n) is 7.08. The highest BCUT2D eigenvalue weighted by atomic mass is 16.5. The number of hydrogen-bond acceptors (Lipinski definition) is 4. The molecule has 0 fully saturated rings. The lowest BCUT2D eigenvalue weighted by Crippen LogP contribution is -2.34. The quantitative estimate of drug-likeness (QED) is 0.239. The molecule has 1 aromatic rings. The molecular formula is C15H23N3O3. The van der Waals surface area contributed by atoms with Crippen LogP contribution >= 0.6 is 0 Å². The number of nitrogens with two attached hydrogens (primary N) is 1. The van der Waals surface area contributed by atoms with Crippen LogP contribution in [0.3, 0.4) is 0 Å². The largest absolute Gasteiger partial charge is 0.409 e. The van der Waals surface area contributed by atoms with E-state index in [9.17, 15) is 4.79 Å². The predicted octanol–water partition coefficient (Wildman–Crippen LogP) is 1.97. The highest BCUT2D eigenvalue weighted by Crippen LogP contribution is 2.15. The Balaban J connectivity index is 2.65. The van der Waals surface area contributed by atoms with Crippen molar-refractivity contribution in [3.8, 4) is 0 Å². The maximum absolute atomic E-state index is 12.3. The van der Waals surface area contributed by atoms with Crippen LogP contribution in [-0.2, 0) is 9.53 Å². The van der Waals surface area contributed by atoms with Crippen molar-refractivity contribution in [1.29, 1.82) is 0 Å². The Morgan fingerprint density at radius 1 is 1.33 bits per heavy atom. The fraction of sp³-hybridized carbons (Fsp3) is 0.467. The van der Waals surface area contributed by atoms with Crippen LogP contribution in [0.15, 0.2) is 35.5 Å². The number of carbonyl (C=O) groups excluding carboxylic acids is 1. The molecule has 6 heteroatoms. The van der Waals surface area contributed by atoms with Crippen LogP contribution in [-0.4, -0.2) is 36.7 Å². The van der Waals surface area contributed by atoms with Gasteiger partial charge in [-0.2, -0.15) is 0 Å². The molecule has 0 aromatic heterocycles. The van der Waals surface area contributed by atoms with Gasteiger partial charge in [-0.15, -0.1) is 0 Å². The van der Waals surface area contributed by atoms with Crippen LogP contribution in [0.5, 0.6) is 0 Å². The summed E-state index contributed by atoms with van der Waals surface area (Å²) in [6.07, 6.45) is 1.41. The first-order chi connectivity index (χ1) is 10.2. The average Bonchev–Trinajstić information content (AvgIpc) is 2.52. The molecule has 0 aliphatic rings. The summed E-state index contributed by atoms with van der Waals surface area (Å²) in [6.45, 7) is 3.54. The Kier molecular flexibility index (Phi) is 7.89. The second-order valence-corrected chi connectivity index (χ2v) is 4.52. The summed E-state index contributed by atoms with van der Waals surface area (Å²) in [6, 6.07) is 9.38. The smallest absolute Gasteiger partial charge is 0.227 e. The Labute approximate surface area is 125 Å². The summed E-state index contributed by atoms with van der Waals surface area (Å²) in [5.74, 6) is 0.115. The lowest BCUT2D eigenvalue weighted by atomic mass is 10.2. The van der Waals surface area contributed by atoms with Crippen LogP contribution in [0.25, 0.3) is 0 Å². The van der Waals surface area contributed by atoms with Crippen molar-refractivity contribution >= 4 is 17.4 Å². The zero-order valence-corrected chi connectivity index (χ0v) is 12.4. The van der Waals surface area contributed by atoms with E-state index in [2.05, 4.69) is 5.16 Å². The third-order valence-corrected chi connectivity index (χ3v) is 2.97. The molecule has 6 nitrogen and oxygen atoms in total. The number of ether oxygens (including phenoxy) is 1. The molecule has 3 N–H and O–H groups in total. The van der Waals surface area contributed by atoms with Gasteiger partial charge in [0.15, 0.2) is 0 Å². The van der Waals surface area contributed by atoms with E-state index < -0.39 is 0 Å². The van der Waals surface area contributed by atoms with Gasteiger partial charge in [0.1, 0.15) is 5.84 Å². The standard InChI is InChI=1S/C15H23N3O3/c1-2-21-12-6-9-15(19)18(11-10-14(16)17-20)13-7-4-3-5-8-13/h3-5,7-8,20H,2,6,9-12H2,1H3,(H2,16,17). The number of nitrogens with zero attached hydrogens (tertiary/aromatic N) is 2. The van der Waals surface area contributed by atoms with Crippen molar-refractivity contribution in [1.82, 2.24) is 0 Å². The molecule has 1 aromatic carbocycles. The van der Waals surface area contributed by atoms with E-state index in [1.807, 2.05) is 37.3 Å². The molecule has 0 bridgehead atoms. The van der Waals surface area contributed by atoms with Crippen LogP contribution in [0.4, 0.5) is 5.69 Å². The predicted molar refractivity (Wildman–Crippen MR) is 82.5 cm³/mol. The monoisotopic (exact) mass is 293 g/mol. The highest BCUT2D eigenvalue weighted by molar-refractivity contribution is 5.94. The zero-order chi connectivity index (χ0) is 15.5. The van der Waals surface area contributed by atoms with Gasteiger partial charge < -0.3 is 20.6 Å². The Hall–Kier alpha value is -2.08. The molecule has 1 rings (SSSR count). The third-order valence-electron chi connectivity index (χ3n) is 2.97. The van der Waals surface area contributed by atoms with Crippen molar-refractivity contribution in [3.63, 3.8) is 0 Å². The van der Waals surface area contributed by atoms with E-state index >= 15 is 0 Å². The van der Waals surface area contributed by atoms with Crippen molar-refractivity contribution in [2.24, 2.45) is 10.9 Å². The summed E-state index contributed by atoms with van der Waals surface area (Å²) in [4.78, 5) is 14.0. The lowest BCUT2D eigenvalue weighted by Gasteiger charge is -2.22. The summed E-state index contributed by atoms with van der Waals surface area (Å²) in [7, 11) is 0. The summed E-state index contributed by atoms with van der Waals surface area (Å²) in [5, 5.41) is 11.5. The summed E-state index contributed by atoms with van der Waals surface area (Å²) >= 11 is 0. The third kappa shape index (κ3) is 6.27. The minimum absolute atomic E-state index is 0.00615. The number of carbonyl (C=O) groups is 1. The van der Waals surface area contributed by atoms with E-state index in [4.69, 9.17) is 15.7 Å². The van der Waals surface area contributed by atoms with Crippen molar-refractivity contribution in [2.45, 2.75) is 26.2 Å². The van der Waals surface area contributed by atoms with Gasteiger partial charge in [0.25, 0.3) is 0 Å². The molecule has 0 aliphatic heterocycles. The molecule has 116 valence electrons. The van der Waals surface area contributed by atoms with Gasteiger partial charge in [-0.1, -0.05) is 23.4 Å². The number of anilines is 1. The zero-order valence-electron chi connectivity index (χ0n) is 12.4. The van der Waals surface area contributed by atoms with Gasteiger partial charge in [0.2, 0.25) is 5.91 Å². The second kappa shape index (κ2) is 9.77. The van der Waals surface area contributed by atoms with E-state index in [0.717, 1.165) is 5.69 Å². The molecule has 0 atom stereocenters. The maximum Gasteiger partial charge on any atom is 0.227 e. The van der Waals surface area contributed by atoms with E-state index in [-0.39, 0.29) is 11.7 Å². The highest BCUT2D eigenvalue weighted by Gasteiger charge is 2.15. The summed E-state index contributed by atoms with van der Waals surface area (Å²) < 4.78 is 5.24. The molecule has 0 spiro atoms. The number of rotatable bonds is 9. The molecular weight excluding hydrogens is 270 g/mol. The summed E-state index contributed by atoms with van der Waals surface area (Å²) in [5.41, 5.74) is 6.29. The molecule has 0 radical (unpaired) electrons. The van der Waals surface area contributed by atoms with Gasteiger partial charge in [-0.05, 0) is 25.5 Å². The Bertz CT molecular complexity index is 449. The normalized spacial score (nSPS) is 11.4. The van der Waals surface area contributed by atoms with Crippen molar-refractivity contribution in [2.75, 3.05) is 24.7 Å². The average molecular weight is 293 g/mol. The van der Waals surface area contributed by atoms with Crippen molar-refractivity contribution in [3.05, 3.63) is 30.3 Å². The van der Waals surface area contributed by atoms with Crippen LogP contribution in [0.2, 0.25) is 0 Å². The minimum atomic E-state index is 0.00615. The molecule has 0 unspecified atom stereocenters. The van der Waals surface area contributed by atoms with Gasteiger partial charge in [-0.3, -0.25) is 4.79 Å². The van der Waals surface area contributed by atoms with Gasteiger partial charge in [0.05, 0.1) is 0 Å². The number of amides is 1. The minimum Gasteiger partial charge on any atom is -0.409 e. The van der Waals surface area contributed by atoms with Crippen molar-refractivity contribution < 1.29 is 14.7 Å². The maximum atomic E-state index is 12.3. The topological polar surface area (TPSA) is 88.2 Å². The molecule has 0 saturated heterocycles. The van der Waals surface area contributed by atoms with E-state index in [1.165, 1.54) is 0 Å². The molecule has 0 saturated carbocycles. The molecule has 21 heavy (non-hydrogen) atoms. The van der Waals surface area contributed by atoms with Gasteiger partial charge >= 0.3 is 0 Å². The number of amidine groups is 1. The molecule has 0 heterocycles. The first kappa shape index (κ1) is 17.0. The Morgan fingerprint density at radius 3 is 2.67 bits per heavy atom.